The van der Waals surface area contributed by atoms with E-state index in [2.05, 4.69) is 0 Å². The number of alkyl halides is 4. The van der Waals surface area contributed by atoms with Crippen molar-refractivity contribution in [2.45, 2.75) is 31.9 Å². The molecule has 1 aliphatic carbocycles. The Balaban J connectivity index is 2.56. The molecule has 14 heavy (non-hydrogen) atoms. The van der Waals surface area contributed by atoms with Crippen LogP contribution in [0.1, 0.15) is 25.7 Å². The summed E-state index contributed by atoms with van der Waals surface area (Å²) in [4.78, 5) is 11.1. The minimum Gasteiger partial charge on any atom is -0.298 e. The topological polar surface area (TPSA) is 17.1 Å². The summed E-state index contributed by atoms with van der Waals surface area (Å²) in [5.74, 6) is -2.21. The fourth-order valence-corrected chi connectivity index (χ4v) is 2.11. The molecule has 0 unspecified atom stereocenters. The van der Waals surface area contributed by atoms with Gasteiger partial charge in [0.05, 0.1) is 11.8 Å². The fraction of sp³-hybridized carbons (Fsp3) is 0.889. The maximum Gasteiger partial charge on any atom is 0.391 e. The van der Waals surface area contributed by atoms with Crippen LogP contribution in [0.4, 0.5) is 13.2 Å². The Kier molecular flexibility index (Phi) is 3.81. The van der Waals surface area contributed by atoms with Crippen molar-refractivity contribution in [2.24, 2.45) is 11.8 Å². The van der Waals surface area contributed by atoms with E-state index in [0.717, 1.165) is 0 Å². The molecule has 1 nitrogen and oxygen atoms in total. The minimum absolute atomic E-state index is 0.0744. The largest absolute Gasteiger partial charge is 0.391 e. The molecule has 1 saturated carbocycles. The number of Topliss-reactive ketones (excluding diaryl/α,β-unsaturated/α-hetero) is 1. The van der Waals surface area contributed by atoms with Crippen LogP contribution in [0.3, 0.4) is 0 Å². The quantitative estimate of drug-likeness (QED) is 0.664. The molecule has 0 bridgehead atoms. The summed E-state index contributed by atoms with van der Waals surface area (Å²) in [5.41, 5.74) is 0. The van der Waals surface area contributed by atoms with Crippen LogP contribution >= 0.6 is 11.6 Å². The van der Waals surface area contributed by atoms with Gasteiger partial charge >= 0.3 is 6.18 Å². The van der Waals surface area contributed by atoms with E-state index in [-0.39, 0.29) is 24.5 Å². The monoisotopic (exact) mass is 228 g/mol. The first kappa shape index (κ1) is 11.8. The predicted molar refractivity (Wildman–Crippen MR) is 47.2 cm³/mol. The summed E-state index contributed by atoms with van der Waals surface area (Å²) in [6.07, 6.45) is -3.06. The van der Waals surface area contributed by atoms with E-state index in [1.807, 2.05) is 0 Å². The maximum absolute atomic E-state index is 12.3. The number of hydrogen-bond acceptors (Lipinski definition) is 1. The normalized spacial score (nSPS) is 28.9. The molecule has 0 aromatic rings. The standard InChI is InChI=1S/C9H12ClF3O/c10-5-8(14)6-2-1-3-7(4-6)9(11,12)13/h6-7H,1-5H2/t6-,7+/m1/s1. The number of carbonyl (C=O) groups excluding carboxylic acids is 1. The van der Waals surface area contributed by atoms with Gasteiger partial charge in [0.1, 0.15) is 0 Å². The third-order valence-corrected chi connectivity index (χ3v) is 2.99. The molecule has 0 N–H and O–H groups in total. The molecule has 1 rings (SSSR count). The van der Waals surface area contributed by atoms with Crippen molar-refractivity contribution in [1.29, 1.82) is 0 Å². The van der Waals surface area contributed by atoms with Crippen LogP contribution in [0.25, 0.3) is 0 Å². The average molecular weight is 229 g/mol. The lowest BCUT2D eigenvalue weighted by Gasteiger charge is -2.29. The van der Waals surface area contributed by atoms with Gasteiger partial charge in [0.2, 0.25) is 0 Å². The third kappa shape index (κ3) is 2.87. The van der Waals surface area contributed by atoms with Gasteiger partial charge in [0, 0.05) is 5.92 Å². The Morgan fingerprint density at radius 3 is 2.50 bits per heavy atom. The second kappa shape index (κ2) is 4.51. The van der Waals surface area contributed by atoms with Crippen molar-refractivity contribution in [3.8, 4) is 0 Å². The van der Waals surface area contributed by atoms with Crippen LogP contribution in [-0.4, -0.2) is 17.8 Å². The summed E-state index contributed by atoms with van der Waals surface area (Å²) in [7, 11) is 0. The molecule has 0 spiro atoms. The molecule has 1 fully saturated rings. The number of hydrogen-bond donors (Lipinski definition) is 0. The Bertz CT molecular complexity index is 215. The first-order valence-corrected chi connectivity index (χ1v) is 5.14. The lowest BCUT2D eigenvalue weighted by atomic mass is 9.79. The fourth-order valence-electron chi connectivity index (χ4n) is 1.89. The molecule has 0 heterocycles. The Hall–Kier alpha value is -0.250. The maximum atomic E-state index is 12.3. The van der Waals surface area contributed by atoms with E-state index in [1.54, 1.807) is 0 Å². The van der Waals surface area contributed by atoms with Crippen molar-refractivity contribution in [3.63, 3.8) is 0 Å². The molecule has 2 atom stereocenters. The predicted octanol–water partition coefficient (Wildman–Crippen LogP) is 3.16. The number of carbonyl (C=O) groups is 1. The summed E-state index contributed by atoms with van der Waals surface area (Å²) in [5, 5.41) is 0. The van der Waals surface area contributed by atoms with E-state index in [4.69, 9.17) is 11.6 Å². The highest BCUT2D eigenvalue weighted by Gasteiger charge is 2.43. The molecule has 0 aromatic heterocycles. The van der Waals surface area contributed by atoms with Crippen LogP contribution in [0.5, 0.6) is 0 Å². The lowest BCUT2D eigenvalue weighted by molar-refractivity contribution is -0.185. The van der Waals surface area contributed by atoms with Crippen LogP contribution in [0.15, 0.2) is 0 Å². The third-order valence-electron chi connectivity index (χ3n) is 2.72. The second-order valence-corrected chi connectivity index (χ2v) is 3.97. The van der Waals surface area contributed by atoms with Gasteiger partial charge in [-0.15, -0.1) is 11.6 Å². The van der Waals surface area contributed by atoms with Crippen LogP contribution in [0, 0.1) is 11.8 Å². The van der Waals surface area contributed by atoms with Crippen molar-refractivity contribution < 1.29 is 18.0 Å². The van der Waals surface area contributed by atoms with Gasteiger partial charge in [0.25, 0.3) is 0 Å². The molecule has 5 heteroatoms. The van der Waals surface area contributed by atoms with E-state index < -0.39 is 18.0 Å². The smallest absolute Gasteiger partial charge is 0.298 e. The van der Waals surface area contributed by atoms with Gasteiger partial charge in [-0.25, -0.2) is 0 Å². The first-order chi connectivity index (χ1) is 6.45. The van der Waals surface area contributed by atoms with E-state index >= 15 is 0 Å². The molecule has 0 radical (unpaired) electrons. The van der Waals surface area contributed by atoms with E-state index in [9.17, 15) is 18.0 Å². The zero-order valence-electron chi connectivity index (χ0n) is 7.61. The minimum atomic E-state index is -4.16. The van der Waals surface area contributed by atoms with E-state index in [1.165, 1.54) is 0 Å². The summed E-state index contributed by atoms with van der Waals surface area (Å²) >= 11 is 5.32. The number of rotatable bonds is 2. The molecular weight excluding hydrogens is 217 g/mol. The molecule has 1 aliphatic rings. The molecular formula is C9H12ClF3O. The van der Waals surface area contributed by atoms with Crippen molar-refractivity contribution >= 4 is 17.4 Å². The Morgan fingerprint density at radius 1 is 1.36 bits per heavy atom. The van der Waals surface area contributed by atoms with Gasteiger partial charge in [-0.1, -0.05) is 6.42 Å². The summed E-state index contributed by atoms with van der Waals surface area (Å²) in [6, 6.07) is 0. The van der Waals surface area contributed by atoms with Gasteiger partial charge in [-0.2, -0.15) is 13.2 Å². The first-order valence-electron chi connectivity index (χ1n) is 4.60. The zero-order chi connectivity index (χ0) is 10.8. The molecule has 82 valence electrons. The van der Waals surface area contributed by atoms with Crippen LogP contribution in [-0.2, 0) is 4.79 Å². The number of halogens is 4. The second-order valence-electron chi connectivity index (χ2n) is 3.70. The van der Waals surface area contributed by atoms with Gasteiger partial charge in [0.15, 0.2) is 5.78 Å². The van der Waals surface area contributed by atoms with Crippen molar-refractivity contribution in [1.82, 2.24) is 0 Å². The molecule has 0 aliphatic heterocycles. The van der Waals surface area contributed by atoms with E-state index in [0.29, 0.717) is 12.8 Å². The van der Waals surface area contributed by atoms with Gasteiger partial charge in [-0.05, 0) is 19.3 Å². The highest BCUT2D eigenvalue weighted by atomic mass is 35.5. The molecule has 0 amide bonds. The SMILES string of the molecule is O=C(CCl)[C@@H]1CCC[C@H](C(F)(F)F)C1. The average Bonchev–Trinajstić information content (AvgIpc) is 2.15. The highest BCUT2D eigenvalue weighted by molar-refractivity contribution is 6.27. The molecule has 0 saturated heterocycles. The highest BCUT2D eigenvalue weighted by Crippen LogP contribution is 2.40. The number of ketones is 1. The van der Waals surface area contributed by atoms with Gasteiger partial charge in [-0.3, -0.25) is 4.79 Å². The molecule has 0 aromatic carbocycles. The Labute approximate surface area is 85.6 Å². The lowest BCUT2D eigenvalue weighted by Crippen LogP contribution is -2.32. The summed E-state index contributed by atoms with van der Waals surface area (Å²) < 4.78 is 37.0. The van der Waals surface area contributed by atoms with Gasteiger partial charge < -0.3 is 0 Å². The van der Waals surface area contributed by atoms with Crippen LogP contribution in [0.2, 0.25) is 0 Å². The summed E-state index contributed by atoms with van der Waals surface area (Å²) in [6.45, 7) is 0. The van der Waals surface area contributed by atoms with Crippen molar-refractivity contribution in [3.05, 3.63) is 0 Å². The zero-order valence-corrected chi connectivity index (χ0v) is 8.37. The Morgan fingerprint density at radius 2 is 2.00 bits per heavy atom. The van der Waals surface area contributed by atoms with Crippen molar-refractivity contribution in [2.75, 3.05) is 5.88 Å². The van der Waals surface area contributed by atoms with Crippen LogP contribution < -0.4 is 0 Å².